The molecule has 0 aliphatic rings. The van der Waals surface area contributed by atoms with Crippen molar-refractivity contribution in [3.8, 4) is 11.5 Å². The van der Waals surface area contributed by atoms with Crippen molar-refractivity contribution in [3.05, 3.63) is 66.4 Å². The number of carbonyl (C=O) groups excluding carboxylic acids is 1. The minimum atomic E-state index is -0.523. The summed E-state index contributed by atoms with van der Waals surface area (Å²) in [5.41, 5.74) is 2.79. The highest BCUT2D eigenvalue weighted by molar-refractivity contribution is 6.12. The monoisotopic (exact) mass is 343 g/mol. The van der Waals surface area contributed by atoms with Gasteiger partial charge in [-0.25, -0.2) is 9.78 Å². The molecule has 5 aromatic rings. The Balaban J connectivity index is 1.90. The third-order valence-electron chi connectivity index (χ3n) is 4.41. The van der Waals surface area contributed by atoms with Crippen molar-refractivity contribution in [2.75, 3.05) is 7.11 Å². The summed E-state index contributed by atoms with van der Waals surface area (Å²) in [5.74, 6) is 0.0539. The molecule has 0 saturated heterocycles. The fraction of sp³-hybridized carbons (Fsp3) is 0.0476. The van der Waals surface area contributed by atoms with Crippen molar-refractivity contribution in [2.24, 2.45) is 0 Å². The first-order chi connectivity index (χ1) is 12.7. The summed E-state index contributed by atoms with van der Waals surface area (Å²) in [6.07, 6.45) is 0. The van der Waals surface area contributed by atoms with E-state index in [-0.39, 0.29) is 5.69 Å². The number of aromatic nitrogens is 1. The number of para-hydroxylation sites is 2. The molecule has 0 amide bonds. The third-order valence-corrected chi connectivity index (χ3v) is 4.41. The number of fused-ring (bicyclic) bond motifs is 4. The van der Waals surface area contributed by atoms with Gasteiger partial charge in [0.25, 0.3) is 0 Å². The van der Waals surface area contributed by atoms with E-state index in [0.717, 1.165) is 27.3 Å². The second kappa shape index (κ2) is 5.46. The molecule has 26 heavy (non-hydrogen) atoms. The van der Waals surface area contributed by atoms with Gasteiger partial charge in [0, 0.05) is 16.8 Å². The highest BCUT2D eigenvalue weighted by Gasteiger charge is 2.21. The van der Waals surface area contributed by atoms with Crippen molar-refractivity contribution in [2.45, 2.75) is 0 Å². The van der Waals surface area contributed by atoms with E-state index < -0.39 is 5.97 Å². The zero-order valence-corrected chi connectivity index (χ0v) is 13.9. The summed E-state index contributed by atoms with van der Waals surface area (Å²) < 4.78 is 16.8. The Morgan fingerprint density at radius 2 is 1.69 bits per heavy atom. The van der Waals surface area contributed by atoms with Crippen LogP contribution in [0.25, 0.3) is 44.4 Å². The summed E-state index contributed by atoms with van der Waals surface area (Å²) in [5, 5.41) is 2.70. The number of benzene rings is 2. The van der Waals surface area contributed by atoms with Gasteiger partial charge in [-0.05, 0) is 18.2 Å². The van der Waals surface area contributed by atoms with Crippen LogP contribution in [0.3, 0.4) is 0 Å². The van der Waals surface area contributed by atoms with Gasteiger partial charge < -0.3 is 13.6 Å². The number of esters is 1. The van der Waals surface area contributed by atoms with E-state index in [4.69, 9.17) is 13.6 Å². The van der Waals surface area contributed by atoms with Crippen molar-refractivity contribution >= 4 is 38.9 Å². The van der Waals surface area contributed by atoms with Crippen LogP contribution in [0.15, 0.2) is 69.5 Å². The van der Waals surface area contributed by atoms with Crippen molar-refractivity contribution in [1.29, 1.82) is 0 Å². The number of hydrogen-bond acceptors (Lipinski definition) is 5. The maximum absolute atomic E-state index is 12.1. The maximum atomic E-state index is 12.1. The lowest BCUT2D eigenvalue weighted by Gasteiger charge is -2.03. The SMILES string of the molecule is COC(=O)c1cc2oc3ccccc3c2c(-c2cc3ccccc3o2)n1. The normalized spacial score (nSPS) is 11.4. The van der Waals surface area contributed by atoms with E-state index in [1.165, 1.54) is 7.11 Å². The summed E-state index contributed by atoms with van der Waals surface area (Å²) in [7, 11) is 1.33. The standard InChI is InChI=1S/C21H13NO4/c1-24-21(23)14-11-17-19(13-7-3-5-9-16(13)26-17)20(22-14)18-10-12-6-2-4-8-15(12)25-18/h2-11H,1H3. The number of nitrogens with zero attached hydrogens (tertiary/aromatic N) is 1. The van der Waals surface area contributed by atoms with Gasteiger partial charge >= 0.3 is 5.97 Å². The molecule has 126 valence electrons. The van der Waals surface area contributed by atoms with Crippen molar-refractivity contribution < 1.29 is 18.4 Å². The second-order valence-electron chi connectivity index (χ2n) is 5.97. The Kier molecular flexibility index (Phi) is 3.09. The van der Waals surface area contributed by atoms with Crippen LogP contribution in [0.5, 0.6) is 0 Å². The van der Waals surface area contributed by atoms with E-state index in [9.17, 15) is 4.79 Å². The average Bonchev–Trinajstić information content (AvgIpc) is 3.27. The lowest BCUT2D eigenvalue weighted by molar-refractivity contribution is 0.0594. The van der Waals surface area contributed by atoms with E-state index >= 15 is 0 Å². The molecule has 0 spiro atoms. The first-order valence-electron chi connectivity index (χ1n) is 8.14. The van der Waals surface area contributed by atoms with Crippen LogP contribution < -0.4 is 0 Å². The van der Waals surface area contributed by atoms with Crippen LogP contribution in [-0.2, 0) is 4.74 Å². The Bertz CT molecular complexity index is 1260. The average molecular weight is 343 g/mol. The fourth-order valence-corrected chi connectivity index (χ4v) is 3.23. The van der Waals surface area contributed by atoms with Crippen molar-refractivity contribution in [1.82, 2.24) is 4.98 Å². The molecule has 0 atom stereocenters. The number of rotatable bonds is 2. The van der Waals surface area contributed by atoms with Crippen LogP contribution in [-0.4, -0.2) is 18.1 Å². The zero-order chi connectivity index (χ0) is 17.7. The molecule has 0 N–H and O–H groups in total. The topological polar surface area (TPSA) is 65.5 Å². The molecule has 3 aromatic heterocycles. The minimum absolute atomic E-state index is 0.175. The van der Waals surface area contributed by atoms with E-state index in [1.54, 1.807) is 6.07 Å². The molecule has 5 nitrogen and oxygen atoms in total. The highest BCUT2D eigenvalue weighted by Crippen LogP contribution is 2.37. The molecular formula is C21H13NO4. The number of methoxy groups -OCH3 is 1. The van der Waals surface area contributed by atoms with E-state index in [0.29, 0.717) is 17.0 Å². The molecule has 5 rings (SSSR count). The smallest absolute Gasteiger partial charge is 0.356 e. The second-order valence-corrected chi connectivity index (χ2v) is 5.97. The quantitative estimate of drug-likeness (QED) is 0.413. The number of pyridine rings is 1. The van der Waals surface area contributed by atoms with Gasteiger partial charge in [0.05, 0.1) is 12.5 Å². The van der Waals surface area contributed by atoms with Gasteiger partial charge in [0.2, 0.25) is 0 Å². The van der Waals surface area contributed by atoms with Crippen LogP contribution in [0.1, 0.15) is 10.5 Å². The molecule has 0 saturated carbocycles. The number of furan rings is 2. The van der Waals surface area contributed by atoms with Gasteiger partial charge in [0.1, 0.15) is 22.4 Å². The molecule has 0 radical (unpaired) electrons. The largest absolute Gasteiger partial charge is 0.464 e. The number of carbonyl (C=O) groups is 1. The summed E-state index contributed by atoms with van der Waals surface area (Å²) in [6, 6.07) is 18.9. The Hall–Kier alpha value is -3.60. The molecule has 2 aromatic carbocycles. The van der Waals surface area contributed by atoms with E-state index in [2.05, 4.69) is 4.98 Å². The van der Waals surface area contributed by atoms with Crippen LogP contribution in [0.2, 0.25) is 0 Å². The number of hydrogen-bond donors (Lipinski definition) is 0. The Labute approximate surface area is 147 Å². The maximum Gasteiger partial charge on any atom is 0.356 e. The predicted molar refractivity (Wildman–Crippen MR) is 98.1 cm³/mol. The molecule has 3 heterocycles. The predicted octanol–water partition coefficient (Wildman–Crippen LogP) is 5.18. The molecule has 0 unspecified atom stereocenters. The Morgan fingerprint density at radius 3 is 2.50 bits per heavy atom. The molecule has 0 aliphatic heterocycles. The van der Waals surface area contributed by atoms with Gasteiger partial charge in [-0.15, -0.1) is 0 Å². The van der Waals surface area contributed by atoms with Gasteiger partial charge in [-0.3, -0.25) is 0 Å². The minimum Gasteiger partial charge on any atom is -0.464 e. The lowest BCUT2D eigenvalue weighted by atomic mass is 10.1. The zero-order valence-electron chi connectivity index (χ0n) is 13.9. The molecular weight excluding hydrogens is 330 g/mol. The lowest BCUT2D eigenvalue weighted by Crippen LogP contribution is -2.04. The van der Waals surface area contributed by atoms with Crippen LogP contribution in [0, 0.1) is 0 Å². The van der Waals surface area contributed by atoms with Crippen LogP contribution in [0.4, 0.5) is 0 Å². The van der Waals surface area contributed by atoms with Gasteiger partial charge in [-0.2, -0.15) is 0 Å². The third kappa shape index (κ3) is 2.10. The molecule has 0 aliphatic carbocycles. The fourth-order valence-electron chi connectivity index (χ4n) is 3.23. The van der Waals surface area contributed by atoms with E-state index in [1.807, 2.05) is 54.6 Å². The Morgan fingerprint density at radius 1 is 0.923 bits per heavy atom. The first kappa shape index (κ1) is 14.7. The summed E-state index contributed by atoms with van der Waals surface area (Å²) >= 11 is 0. The van der Waals surface area contributed by atoms with Crippen molar-refractivity contribution in [3.63, 3.8) is 0 Å². The number of ether oxygens (including phenoxy) is 1. The summed E-state index contributed by atoms with van der Waals surface area (Å²) in [6.45, 7) is 0. The van der Waals surface area contributed by atoms with Gasteiger partial charge in [0.15, 0.2) is 11.5 Å². The van der Waals surface area contributed by atoms with Gasteiger partial charge in [-0.1, -0.05) is 36.4 Å². The molecule has 0 fully saturated rings. The van der Waals surface area contributed by atoms with Crippen LogP contribution >= 0.6 is 0 Å². The highest BCUT2D eigenvalue weighted by atomic mass is 16.5. The molecule has 5 heteroatoms. The first-order valence-corrected chi connectivity index (χ1v) is 8.14. The molecule has 0 bridgehead atoms. The summed E-state index contributed by atoms with van der Waals surface area (Å²) in [4.78, 5) is 16.6.